The van der Waals surface area contributed by atoms with Crippen molar-refractivity contribution in [3.05, 3.63) is 35.9 Å². The molecule has 1 saturated carbocycles. The Balaban J connectivity index is 1.64. The lowest BCUT2D eigenvalue weighted by molar-refractivity contribution is -0.144. The summed E-state index contributed by atoms with van der Waals surface area (Å²) >= 11 is 0. The Morgan fingerprint density at radius 2 is 1.70 bits per heavy atom. The SMILES string of the molecule is CC1CCC(NC(=O)CN2C(=O)C(=O)N(C(C)c3ccccc3)C2=O)CC1. The standard InChI is InChI=1S/C20H25N3O4/c1-13-8-10-16(11-9-13)21-17(24)12-22-18(25)19(26)23(20(22)27)14(2)15-6-4-3-5-7-15/h3-7,13-14,16H,8-12H2,1-2H3,(H,21,24). The highest BCUT2D eigenvalue weighted by Crippen LogP contribution is 2.26. The summed E-state index contributed by atoms with van der Waals surface area (Å²) in [6, 6.07) is 7.75. The van der Waals surface area contributed by atoms with E-state index < -0.39 is 36.3 Å². The summed E-state index contributed by atoms with van der Waals surface area (Å²) in [5.41, 5.74) is 0.745. The van der Waals surface area contributed by atoms with Crippen LogP contribution in [0.1, 0.15) is 51.1 Å². The van der Waals surface area contributed by atoms with Gasteiger partial charge >= 0.3 is 17.8 Å². The third-order valence-electron chi connectivity index (χ3n) is 5.44. The quantitative estimate of drug-likeness (QED) is 0.635. The van der Waals surface area contributed by atoms with Gasteiger partial charge in [-0.15, -0.1) is 0 Å². The van der Waals surface area contributed by atoms with Crippen LogP contribution in [0.2, 0.25) is 0 Å². The van der Waals surface area contributed by atoms with Crippen LogP contribution in [0, 0.1) is 5.92 Å². The first-order valence-electron chi connectivity index (χ1n) is 9.41. The lowest BCUT2D eigenvalue weighted by Crippen LogP contribution is -2.45. The van der Waals surface area contributed by atoms with Gasteiger partial charge in [-0.05, 0) is 44.1 Å². The fourth-order valence-corrected chi connectivity index (χ4v) is 3.71. The Hall–Kier alpha value is -2.70. The van der Waals surface area contributed by atoms with Crippen LogP contribution < -0.4 is 5.32 Å². The molecule has 7 nitrogen and oxygen atoms in total. The number of nitrogens with one attached hydrogen (secondary N) is 1. The van der Waals surface area contributed by atoms with E-state index in [1.165, 1.54) is 0 Å². The smallest absolute Gasteiger partial charge is 0.335 e. The zero-order chi connectivity index (χ0) is 19.6. The number of amides is 5. The highest BCUT2D eigenvalue weighted by molar-refractivity contribution is 6.45. The lowest BCUT2D eigenvalue weighted by atomic mass is 9.87. The molecule has 5 amide bonds. The molecular formula is C20H25N3O4. The zero-order valence-electron chi connectivity index (χ0n) is 15.7. The molecule has 0 spiro atoms. The fourth-order valence-electron chi connectivity index (χ4n) is 3.71. The second-order valence-corrected chi connectivity index (χ2v) is 7.46. The van der Waals surface area contributed by atoms with Gasteiger partial charge in [-0.25, -0.2) is 14.6 Å². The number of nitrogens with zero attached hydrogens (tertiary/aromatic N) is 2. The third kappa shape index (κ3) is 4.02. The first kappa shape index (κ1) is 19.1. The van der Waals surface area contributed by atoms with Crippen LogP contribution in [-0.2, 0) is 14.4 Å². The maximum absolute atomic E-state index is 12.6. The van der Waals surface area contributed by atoms with Crippen LogP contribution in [0.15, 0.2) is 30.3 Å². The predicted molar refractivity (Wildman–Crippen MR) is 98.4 cm³/mol. The molecule has 1 N–H and O–H groups in total. The van der Waals surface area contributed by atoms with Gasteiger partial charge in [-0.1, -0.05) is 37.3 Å². The molecule has 1 heterocycles. The van der Waals surface area contributed by atoms with Gasteiger partial charge in [0, 0.05) is 6.04 Å². The Labute approximate surface area is 158 Å². The molecule has 27 heavy (non-hydrogen) atoms. The van der Waals surface area contributed by atoms with E-state index in [0.29, 0.717) is 5.92 Å². The molecule has 0 bridgehead atoms. The molecule has 1 aromatic carbocycles. The average Bonchev–Trinajstić information content (AvgIpc) is 2.87. The van der Waals surface area contributed by atoms with Gasteiger partial charge in [-0.3, -0.25) is 14.4 Å². The molecule has 1 atom stereocenters. The van der Waals surface area contributed by atoms with Crippen molar-refractivity contribution in [2.45, 2.75) is 51.6 Å². The Kier molecular flexibility index (Phi) is 5.58. The van der Waals surface area contributed by atoms with Crippen LogP contribution in [0.25, 0.3) is 0 Å². The molecule has 3 rings (SSSR count). The van der Waals surface area contributed by atoms with Crippen molar-refractivity contribution in [3.63, 3.8) is 0 Å². The lowest BCUT2D eigenvalue weighted by Gasteiger charge is -2.27. The van der Waals surface area contributed by atoms with Crippen LogP contribution >= 0.6 is 0 Å². The van der Waals surface area contributed by atoms with Gasteiger partial charge in [0.2, 0.25) is 5.91 Å². The predicted octanol–water partition coefficient (Wildman–Crippen LogP) is 2.23. The first-order valence-corrected chi connectivity index (χ1v) is 9.41. The van der Waals surface area contributed by atoms with Gasteiger partial charge in [-0.2, -0.15) is 0 Å². The van der Waals surface area contributed by atoms with Crippen molar-refractivity contribution in [1.82, 2.24) is 15.1 Å². The first-order chi connectivity index (χ1) is 12.9. The summed E-state index contributed by atoms with van der Waals surface area (Å²) in [4.78, 5) is 51.2. The monoisotopic (exact) mass is 371 g/mol. The Morgan fingerprint density at radius 1 is 1.07 bits per heavy atom. The fraction of sp³-hybridized carbons (Fsp3) is 0.500. The minimum Gasteiger partial charge on any atom is -0.352 e. The number of carbonyl (C=O) groups is 4. The van der Waals surface area contributed by atoms with E-state index in [1.807, 2.05) is 6.07 Å². The molecular weight excluding hydrogens is 346 g/mol. The van der Waals surface area contributed by atoms with E-state index in [9.17, 15) is 19.2 Å². The summed E-state index contributed by atoms with van der Waals surface area (Å²) in [6.07, 6.45) is 3.89. The van der Waals surface area contributed by atoms with Gasteiger partial charge in [0.15, 0.2) is 0 Å². The third-order valence-corrected chi connectivity index (χ3v) is 5.44. The number of hydrogen-bond donors (Lipinski definition) is 1. The average molecular weight is 371 g/mol. The van der Waals surface area contributed by atoms with Crippen LogP contribution in [0.5, 0.6) is 0 Å². The number of carbonyl (C=O) groups excluding carboxylic acids is 4. The highest BCUT2D eigenvalue weighted by atomic mass is 16.2. The second-order valence-electron chi connectivity index (χ2n) is 7.46. The van der Waals surface area contributed by atoms with Crippen LogP contribution in [0.4, 0.5) is 4.79 Å². The van der Waals surface area contributed by atoms with Gasteiger partial charge in [0.05, 0.1) is 6.04 Å². The van der Waals surface area contributed by atoms with Crippen molar-refractivity contribution in [1.29, 1.82) is 0 Å². The summed E-state index contributed by atoms with van der Waals surface area (Å²) in [7, 11) is 0. The Bertz CT molecular complexity index is 741. The van der Waals surface area contributed by atoms with Gasteiger partial charge in [0.25, 0.3) is 0 Å². The van der Waals surface area contributed by atoms with E-state index in [4.69, 9.17) is 0 Å². The number of benzene rings is 1. The Morgan fingerprint density at radius 3 is 2.33 bits per heavy atom. The van der Waals surface area contributed by atoms with Gasteiger partial charge < -0.3 is 5.32 Å². The van der Waals surface area contributed by atoms with E-state index in [-0.39, 0.29) is 6.04 Å². The molecule has 1 aliphatic heterocycles. The van der Waals surface area contributed by atoms with Crippen LogP contribution in [-0.4, -0.2) is 46.1 Å². The summed E-state index contributed by atoms with van der Waals surface area (Å²) in [6.45, 7) is 3.45. The molecule has 1 aliphatic carbocycles. The maximum Gasteiger partial charge on any atom is 0.335 e. The molecule has 2 aliphatic rings. The molecule has 2 fully saturated rings. The molecule has 0 aromatic heterocycles. The van der Waals surface area contributed by atoms with Gasteiger partial charge in [0.1, 0.15) is 6.54 Å². The topological polar surface area (TPSA) is 86.8 Å². The van der Waals surface area contributed by atoms with E-state index in [0.717, 1.165) is 41.0 Å². The molecule has 1 saturated heterocycles. The zero-order valence-corrected chi connectivity index (χ0v) is 15.7. The number of hydrogen-bond acceptors (Lipinski definition) is 4. The summed E-state index contributed by atoms with van der Waals surface area (Å²) in [5, 5.41) is 2.88. The van der Waals surface area contributed by atoms with Crippen molar-refractivity contribution in [3.8, 4) is 0 Å². The summed E-state index contributed by atoms with van der Waals surface area (Å²) < 4.78 is 0. The molecule has 1 unspecified atom stereocenters. The maximum atomic E-state index is 12.6. The van der Waals surface area contributed by atoms with Crippen molar-refractivity contribution in [2.24, 2.45) is 5.92 Å². The molecule has 7 heteroatoms. The normalized spacial score (nSPS) is 24.3. The number of rotatable bonds is 5. The second kappa shape index (κ2) is 7.90. The summed E-state index contributed by atoms with van der Waals surface area (Å²) in [5.74, 6) is -1.59. The van der Waals surface area contributed by atoms with Crippen molar-refractivity contribution in [2.75, 3.05) is 6.54 Å². The van der Waals surface area contributed by atoms with Crippen LogP contribution in [0.3, 0.4) is 0 Å². The highest BCUT2D eigenvalue weighted by Gasteiger charge is 2.47. The van der Waals surface area contributed by atoms with Crippen molar-refractivity contribution >= 4 is 23.8 Å². The number of urea groups is 1. The number of imide groups is 2. The largest absolute Gasteiger partial charge is 0.352 e. The van der Waals surface area contributed by atoms with E-state index in [2.05, 4.69) is 12.2 Å². The molecule has 1 aromatic rings. The molecule has 144 valence electrons. The minimum absolute atomic E-state index is 0.0663. The minimum atomic E-state index is -0.949. The molecule has 0 radical (unpaired) electrons. The van der Waals surface area contributed by atoms with E-state index >= 15 is 0 Å². The van der Waals surface area contributed by atoms with E-state index in [1.54, 1.807) is 31.2 Å². The van der Waals surface area contributed by atoms with Crippen molar-refractivity contribution < 1.29 is 19.2 Å².